The van der Waals surface area contributed by atoms with E-state index in [0.717, 1.165) is 0 Å². The Kier molecular flexibility index (Phi) is 11.3. The number of H-pyrrole nitrogens is 1. The number of alkyl halides is 3. The van der Waals surface area contributed by atoms with E-state index in [0.29, 0.717) is 65.2 Å². The monoisotopic (exact) mass is 620 g/mol. The molecule has 10 heteroatoms. The average Bonchev–Trinajstić information content (AvgIpc) is 3.39. The van der Waals surface area contributed by atoms with Crippen LogP contribution in [0.3, 0.4) is 0 Å². The third-order valence-electron chi connectivity index (χ3n) is 6.95. The molecule has 0 fully saturated rings. The molecule has 0 aliphatic heterocycles. The summed E-state index contributed by atoms with van der Waals surface area (Å²) in [6, 6.07) is 20.5. The smallest absolute Gasteiger partial charge is 0.393 e. The highest BCUT2D eigenvalue weighted by atomic mass is 19.4. The van der Waals surface area contributed by atoms with Crippen molar-refractivity contribution >= 4 is 33.5 Å². The fourth-order valence-electron chi connectivity index (χ4n) is 4.84. The van der Waals surface area contributed by atoms with Gasteiger partial charge in [0.1, 0.15) is 12.4 Å². The second kappa shape index (κ2) is 15.3. The Balaban J connectivity index is 1.67. The molecule has 45 heavy (non-hydrogen) atoms. The van der Waals surface area contributed by atoms with E-state index in [-0.39, 0.29) is 16.9 Å². The number of aromatic nitrogens is 2. The minimum atomic E-state index is -4.50. The third kappa shape index (κ3) is 9.15. The number of likely N-dealkylation sites (N-methyl/N-ethyl adjacent to an activating group) is 1. The molecule has 4 aromatic rings. The zero-order valence-corrected chi connectivity index (χ0v) is 25.4. The van der Waals surface area contributed by atoms with E-state index in [1.54, 1.807) is 80.8 Å². The van der Waals surface area contributed by atoms with Gasteiger partial charge in [0.05, 0.1) is 17.3 Å². The third-order valence-corrected chi connectivity index (χ3v) is 6.95. The molecule has 1 aromatic heterocycles. The lowest BCUT2D eigenvalue weighted by atomic mass is 9.84. The number of hydrogen-bond acceptors (Lipinski definition) is 4. The number of aromatic amines is 1. The van der Waals surface area contributed by atoms with E-state index in [1.165, 1.54) is 11.0 Å². The Morgan fingerprint density at radius 3 is 2.38 bits per heavy atom. The largest absolute Gasteiger partial charge is 0.492 e. The summed E-state index contributed by atoms with van der Waals surface area (Å²) in [5, 5.41) is 9.61. The number of amides is 1. The molecule has 0 spiro atoms. The summed E-state index contributed by atoms with van der Waals surface area (Å²) in [6.45, 7) is 3.34. The van der Waals surface area contributed by atoms with Crippen LogP contribution >= 0.6 is 0 Å². The molecule has 6 nitrogen and oxygen atoms in total. The van der Waals surface area contributed by atoms with Crippen LogP contribution in [-0.4, -0.2) is 61.0 Å². The van der Waals surface area contributed by atoms with E-state index in [4.69, 9.17) is 4.74 Å². The van der Waals surface area contributed by atoms with Crippen molar-refractivity contribution in [3.8, 4) is 5.75 Å². The van der Waals surface area contributed by atoms with Gasteiger partial charge in [0.25, 0.3) is 0 Å². The summed E-state index contributed by atoms with van der Waals surface area (Å²) in [5.74, 6) is -0.148. The lowest BCUT2D eigenvalue weighted by Gasteiger charge is -2.22. The fourth-order valence-corrected chi connectivity index (χ4v) is 4.84. The Bertz CT molecular complexity index is 1670. The Hall–Kier alpha value is -4.70. The number of ether oxygens (including phenoxy) is 1. The number of nitrogens with zero attached hydrogens (tertiary/aromatic N) is 2. The maximum absolute atomic E-state index is 14.6. The maximum Gasteiger partial charge on any atom is 0.393 e. The Morgan fingerprint density at radius 1 is 1.00 bits per heavy atom. The van der Waals surface area contributed by atoms with Crippen LogP contribution in [0.5, 0.6) is 5.75 Å². The molecule has 0 atom stereocenters. The SMILES string of the molecule is CC/C=C(/C(=C(CC(F)(F)F)c1ccccc1)c1ccc2n[nH]c(F)c2c1)c1ccc(OCCNC/C=C/C(=O)N(C)C)cc1. The van der Waals surface area contributed by atoms with E-state index < -0.39 is 18.5 Å². The second-order valence-corrected chi connectivity index (χ2v) is 10.5. The number of hydrogen-bond donors (Lipinski definition) is 2. The highest BCUT2D eigenvalue weighted by Crippen LogP contribution is 2.43. The van der Waals surface area contributed by atoms with Crippen molar-refractivity contribution in [1.29, 1.82) is 0 Å². The molecule has 0 saturated carbocycles. The highest BCUT2D eigenvalue weighted by molar-refractivity contribution is 6.15. The van der Waals surface area contributed by atoms with Crippen LogP contribution in [0.2, 0.25) is 0 Å². The molecule has 0 aliphatic rings. The molecule has 0 unspecified atom stereocenters. The van der Waals surface area contributed by atoms with E-state index in [2.05, 4.69) is 15.5 Å². The molecule has 0 radical (unpaired) electrons. The lowest BCUT2D eigenvalue weighted by molar-refractivity contribution is -0.124. The van der Waals surface area contributed by atoms with Gasteiger partial charge in [-0.1, -0.05) is 67.6 Å². The van der Waals surface area contributed by atoms with E-state index in [9.17, 15) is 22.4 Å². The second-order valence-electron chi connectivity index (χ2n) is 10.5. The van der Waals surface area contributed by atoms with Gasteiger partial charge >= 0.3 is 6.18 Å². The van der Waals surface area contributed by atoms with E-state index in [1.807, 2.05) is 25.1 Å². The van der Waals surface area contributed by atoms with Crippen LogP contribution < -0.4 is 10.1 Å². The Morgan fingerprint density at radius 2 is 1.71 bits per heavy atom. The van der Waals surface area contributed by atoms with Crippen molar-refractivity contribution in [2.24, 2.45) is 0 Å². The molecule has 0 saturated heterocycles. The predicted octanol–water partition coefficient (Wildman–Crippen LogP) is 7.67. The number of carbonyl (C=O) groups excluding carboxylic acids is 1. The summed E-state index contributed by atoms with van der Waals surface area (Å²) in [7, 11) is 3.37. The van der Waals surface area contributed by atoms with Gasteiger partial charge in [0.2, 0.25) is 11.9 Å². The number of fused-ring (bicyclic) bond motifs is 1. The number of benzene rings is 3. The van der Waals surface area contributed by atoms with Crippen LogP contribution in [0.25, 0.3) is 27.6 Å². The van der Waals surface area contributed by atoms with Crippen LogP contribution in [-0.2, 0) is 4.79 Å². The average molecular weight is 621 g/mol. The topological polar surface area (TPSA) is 70.2 Å². The van der Waals surface area contributed by atoms with Crippen LogP contribution in [0.15, 0.2) is 91.0 Å². The number of carbonyl (C=O) groups is 1. The van der Waals surface area contributed by atoms with Crippen molar-refractivity contribution in [2.75, 3.05) is 33.8 Å². The summed E-state index contributed by atoms with van der Waals surface area (Å²) >= 11 is 0. The molecule has 0 aliphatic carbocycles. The molecule has 2 N–H and O–H groups in total. The quantitative estimate of drug-likeness (QED) is 0.0529. The normalized spacial score (nSPS) is 12.9. The fraction of sp³-hybridized carbons (Fsp3) is 0.257. The number of nitrogens with one attached hydrogen (secondary N) is 2. The first-order valence-electron chi connectivity index (χ1n) is 14.6. The molecule has 236 valence electrons. The zero-order valence-electron chi connectivity index (χ0n) is 25.4. The predicted molar refractivity (Wildman–Crippen MR) is 171 cm³/mol. The van der Waals surface area contributed by atoms with E-state index >= 15 is 0 Å². The number of rotatable bonds is 13. The molecule has 1 heterocycles. The van der Waals surface area contributed by atoms with Crippen LogP contribution in [0.4, 0.5) is 17.6 Å². The van der Waals surface area contributed by atoms with Crippen molar-refractivity contribution < 1.29 is 27.1 Å². The lowest BCUT2D eigenvalue weighted by Crippen LogP contribution is -2.22. The molecular weight excluding hydrogens is 584 g/mol. The van der Waals surface area contributed by atoms with Gasteiger partial charge in [-0.2, -0.15) is 22.7 Å². The highest BCUT2D eigenvalue weighted by Gasteiger charge is 2.32. The minimum absolute atomic E-state index is 0.0822. The van der Waals surface area contributed by atoms with Gasteiger partial charge in [-0.05, 0) is 64.1 Å². The first kappa shape index (κ1) is 33.2. The first-order chi connectivity index (χ1) is 21.6. The van der Waals surface area contributed by atoms with Crippen molar-refractivity contribution in [3.05, 3.63) is 114 Å². The van der Waals surface area contributed by atoms with Gasteiger partial charge < -0.3 is 15.0 Å². The van der Waals surface area contributed by atoms with Crippen molar-refractivity contribution in [1.82, 2.24) is 20.4 Å². The van der Waals surface area contributed by atoms with Crippen LogP contribution in [0.1, 0.15) is 36.5 Å². The van der Waals surface area contributed by atoms with Crippen molar-refractivity contribution in [2.45, 2.75) is 25.9 Å². The summed E-state index contributed by atoms with van der Waals surface area (Å²) in [4.78, 5) is 13.1. The maximum atomic E-state index is 14.6. The number of halogens is 4. The molecular formula is C35H36F4N4O2. The molecule has 3 aromatic carbocycles. The van der Waals surface area contributed by atoms with Gasteiger partial charge in [-0.15, -0.1) is 0 Å². The molecule has 1 amide bonds. The number of allylic oxidation sites excluding steroid dienone is 4. The Labute approximate surface area is 260 Å². The first-order valence-corrected chi connectivity index (χ1v) is 14.6. The minimum Gasteiger partial charge on any atom is -0.492 e. The van der Waals surface area contributed by atoms with Gasteiger partial charge in [-0.25, -0.2) is 0 Å². The summed E-state index contributed by atoms with van der Waals surface area (Å²) in [5.41, 5.74) is 2.97. The summed E-state index contributed by atoms with van der Waals surface area (Å²) in [6.07, 6.45) is 0.00414. The van der Waals surface area contributed by atoms with Crippen molar-refractivity contribution in [3.63, 3.8) is 0 Å². The standard InChI is InChI=1S/C35H36F4N4O2/c1-4-9-28(25-13-16-27(17-14-25)45-21-20-40-19-8-12-32(44)43(2)3)33(26-15-18-31-29(22-26)34(36)42-41-31)30(23-35(37,38)39)24-10-6-5-7-11-24/h5-18,22,40H,4,19-21,23H2,1-3H3,(H,41,42)/b12-8+,28-9+,33-30?. The zero-order chi connectivity index (χ0) is 32.4. The summed E-state index contributed by atoms with van der Waals surface area (Å²) < 4.78 is 62.9. The molecule has 0 bridgehead atoms. The van der Waals surface area contributed by atoms with Gasteiger partial charge in [0, 0.05) is 33.3 Å². The van der Waals surface area contributed by atoms with Gasteiger partial charge in [-0.3, -0.25) is 9.89 Å². The molecule has 4 rings (SSSR count). The van der Waals surface area contributed by atoms with Crippen LogP contribution in [0, 0.1) is 5.95 Å². The van der Waals surface area contributed by atoms with Gasteiger partial charge in [0.15, 0.2) is 0 Å².